The number of benzene rings is 1. The number of alkyl halides is 3. The molecule has 0 aromatic heterocycles. The third kappa shape index (κ3) is 6.59. The van der Waals surface area contributed by atoms with Gasteiger partial charge in [0.25, 0.3) is 0 Å². The van der Waals surface area contributed by atoms with E-state index in [1.54, 1.807) is 0 Å². The largest absolute Gasteiger partial charge is 0.503 e. The van der Waals surface area contributed by atoms with E-state index in [1.807, 2.05) is 0 Å². The van der Waals surface area contributed by atoms with Crippen molar-refractivity contribution in [3.05, 3.63) is 47.2 Å². The Bertz CT molecular complexity index is 727. The molecule has 0 aliphatic carbocycles. The fraction of sp³-hybridized carbons (Fsp3) is 0.294. The van der Waals surface area contributed by atoms with Gasteiger partial charge in [-0.25, -0.2) is 4.79 Å². The molecule has 0 amide bonds. The van der Waals surface area contributed by atoms with Gasteiger partial charge < -0.3 is 14.3 Å². The average molecular weight is 355 g/mol. The molecule has 0 saturated heterocycles. The van der Waals surface area contributed by atoms with Crippen molar-refractivity contribution in [3.8, 4) is 11.8 Å². The summed E-state index contributed by atoms with van der Waals surface area (Å²) in [6.45, 7) is 1.34. The lowest BCUT2D eigenvalue weighted by molar-refractivity contribution is -0.137. The fourth-order valence-corrected chi connectivity index (χ4v) is 1.62. The van der Waals surface area contributed by atoms with Crippen LogP contribution in [0.3, 0.4) is 0 Å². The number of halogens is 3. The number of nitrogens with zero attached hydrogens (tertiary/aromatic N) is 1. The molecule has 0 aliphatic rings. The molecule has 0 aliphatic heterocycles. The van der Waals surface area contributed by atoms with Gasteiger partial charge in [0.2, 0.25) is 0 Å². The van der Waals surface area contributed by atoms with E-state index in [0.717, 1.165) is 18.4 Å². The summed E-state index contributed by atoms with van der Waals surface area (Å²) >= 11 is 0. The Balaban J connectivity index is 2.73. The predicted molar refractivity (Wildman–Crippen MR) is 84.5 cm³/mol. The predicted octanol–water partition coefficient (Wildman–Crippen LogP) is 3.15. The Kier molecular flexibility index (Phi) is 7.53. The summed E-state index contributed by atoms with van der Waals surface area (Å²) in [6, 6.07) is 4.72. The zero-order valence-corrected chi connectivity index (χ0v) is 13.8. The van der Waals surface area contributed by atoms with Crippen LogP contribution < -0.4 is 0 Å². The molecule has 25 heavy (non-hydrogen) atoms. The van der Waals surface area contributed by atoms with Gasteiger partial charge in [0.05, 0.1) is 25.5 Å². The maximum atomic E-state index is 12.7. The first-order chi connectivity index (χ1) is 11.8. The summed E-state index contributed by atoms with van der Waals surface area (Å²) in [6.07, 6.45) is -3.31. The zero-order chi connectivity index (χ0) is 18.9. The summed E-state index contributed by atoms with van der Waals surface area (Å²) in [4.78, 5) is 16.3. The highest BCUT2D eigenvalue weighted by Gasteiger charge is 2.30. The quantitative estimate of drug-likeness (QED) is 0.155. The van der Waals surface area contributed by atoms with Gasteiger partial charge in [0.1, 0.15) is 11.8 Å². The SMILES string of the molecule is CO/C=C(\C#CCO/N=C(\C)c1cccc(C(F)(F)F)c1)C(=O)OC. The number of carbonyl (C=O) groups is 1. The lowest BCUT2D eigenvalue weighted by Crippen LogP contribution is -2.07. The molecule has 0 N–H and O–H groups in total. The van der Waals surface area contributed by atoms with Crippen molar-refractivity contribution in [1.29, 1.82) is 0 Å². The van der Waals surface area contributed by atoms with Crippen molar-refractivity contribution in [2.75, 3.05) is 20.8 Å². The fourth-order valence-electron chi connectivity index (χ4n) is 1.62. The molecule has 0 saturated carbocycles. The Labute approximate surface area is 143 Å². The number of hydrogen-bond donors (Lipinski definition) is 0. The van der Waals surface area contributed by atoms with E-state index in [9.17, 15) is 18.0 Å². The van der Waals surface area contributed by atoms with Gasteiger partial charge in [0.15, 0.2) is 6.61 Å². The van der Waals surface area contributed by atoms with Crippen LogP contribution in [0, 0.1) is 11.8 Å². The molecule has 5 nitrogen and oxygen atoms in total. The minimum Gasteiger partial charge on any atom is -0.503 e. The van der Waals surface area contributed by atoms with Crippen LogP contribution >= 0.6 is 0 Å². The van der Waals surface area contributed by atoms with Crippen molar-refractivity contribution in [3.63, 3.8) is 0 Å². The molecule has 1 aromatic rings. The van der Waals surface area contributed by atoms with Crippen molar-refractivity contribution in [1.82, 2.24) is 0 Å². The third-order valence-electron chi connectivity index (χ3n) is 2.81. The monoisotopic (exact) mass is 355 g/mol. The van der Waals surface area contributed by atoms with Crippen LogP contribution in [0.25, 0.3) is 0 Å². The molecule has 0 spiro atoms. The molecule has 8 heteroatoms. The highest BCUT2D eigenvalue weighted by atomic mass is 19.4. The standard InChI is InChI=1S/C17H16F3NO4/c1-12(13-6-4-8-15(10-13)17(18,19)20)21-25-9-5-7-14(11-23-2)16(22)24-3/h4,6,8,10-11H,9H2,1-3H3/b14-11+,21-12+. The van der Waals surface area contributed by atoms with Crippen LogP contribution in [-0.4, -0.2) is 32.5 Å². The van der Waals surface area contributed by atoms with E-state index in [1.165, 1.54) is 33.3 Å². The zero-order valence-electron chi connectivity index (χ0n) is 13.8. The van der Waals surface area contributed by atoms with Crippen LogP contribution in [0.2, 0.25) is 0 Å². The Morgan fingerprint density at radius 1 is 1.32 bits per heavy atom. The van der Waals surface area contributed by atoms with Crippen LogP contribution in [0.4, 0.5) is 13.2 Å². The second kappa shape index (κ2) is 9.37. The van der Waals surface area contributed by atoms with Crippen LogP contribution in [0.15, 0.2) is 41.3 Å². The van der Waals surface area contributed by atoms with E-state index in [2.05, 4.69) is 21.7 Å². The van der Waals surface area contributed by atoms with E-state index in [-0.39, 0.29) is 23.5 Å². The lowest BCUT2D eigenvalue weighted by Gasteiger charge is -2.08. The van der Waals surface area contributed by atoms with Gasteiger partial charge in [-0.3, -0.25) is 0 Å². The molecule has 0 atom stereocenters. The molecule has 0 bridgehead atoms. The number of rotatable bonds is 5. The third-order valence-corrected chi connectivity index (χ3v) is 2.81. The van der Waals surface area contributed by atoms with Crippen molar-refractivity contribution in [2.24, 2.45) is 5.16 Å². The van der Waals surface area contributed by atoms with Gasteiger partial charge in [-0.2, -0.15) is 13.2 Å². The maximum absolute atomic E-state index is 12.7. The molecule has 0 radical (unpaired) electrons. The first-order valence-electron chi connectivity index (χ1n) is 6.94. The minimum atomic E-state index is -4.43. The summed E-state index contributed by atoms with van der Waals surface area (Å²) in [5.41, 5.74) is -0.246. The van der Waals surface area contributed by atoms with Gasteiger partial charge in [-0.1, -0.05) is 29.1 Å². The topological polar surface area (TPSA) is 57.1 Å². The number of hydrogen-bond acceptors (Lipinski definition) is 5. The van der Waals surface area contributed by atoms with E-state index < -0.39 is 17.7 Å². The second-order valence-corrected chi connectivity index (χ2v) is 4.59. The highest BCUT2D eigenvalue weighted by Crippen LogP contribution is 2.29. The molecule has 134 valence electrons. The van der Waals surface area contributed by atoms with Crippen LogP contribution in [0.5, 0.6) is 0 Å². The second-order valence-electron chi connectivity index (χ2n) is 4.59. The molecular weight excluding hydrogens is 339 g/mol. The molecule has 0 fully saturated rings. The first-order valence-corrected chi connectivity index (χ1v) is 6.94. The number of oxime groups is 1. The number of ether oxygens (including phenoxy) is 2. The minimum absolute atomic E-state index is 0.00724. The van der Waals surface area contributed by atoms with E-state index >= 15 is 0 Å². The van der Waals surface area contributed by atoms with Crippen molar-refractivity contribution < 1.29 is 32.3 Å². The normalized spacial score (nSPS) is 12.1. The van der Waals surface area contributed by atoms with Crippen LogP contribution in [-0.2, 0) is 25.3 Å². The van der Waals surface area contributed by atoms with Crippen LogP contribution in [0.1, 0.15) is 18.1 Å². The molecule has 1 rings (SSSR count). The van der Waals surface area contributed by atoms with Gasteiger partial charge >= 0.3 is 12.1 Å². The molecule has 0 heterocycles. The van der Waals surface area contributed by atoms with Crippen molar-refractivity contribution >= 4 is 11.7 Å². The van der Waals surface area contributed by atoms with E-state index in [0.29, 0.717) is 0 Å². The maximum Gasteiger partial charge on any atom is 0.416 e. The summed E-state index contributed by atoms with van der Waals surface area (Å²) < 4.78 is 47.2. The Hall–Kier alpha value is -2.95. The Morgan fingerprint density at radius 2 is 2.04 bits per heavy atom. The van der Waals surface area contributed by atoms with Gasteiger partial charge in [0, 0.05) is 0 Å². The Morgan fingerprint density at radius 3 is 2.64 bits per heavy atom. The summed E-state index contributed by atoms with van der Waals surface area (Å²) in [7, 11) is 2.55. The number of esters is 1. The van der Waals surface area contributed by atoms with Gasteiger partial charge in [-0.05, 0) is 24.6 Å². The summed E-state index contributed by atoms with van der Waals surface area (Å²) in [5, 5.41) is 3.71. The molecule has 0 unspecified atom stereocenters. The molecule has 1 aromatic carbocycles. The smallest absolute Gasteiger partial charge is 0.416 e. The van der Waals surface area contributed by atoms with E-state index in [4.69, 9.17) is 9.57 Å². The number of methoxy groups -OCH3 is 2. The highest BCUT2D eigenvalue weighted by molar-refractivity contribution is 5.98. The summed E-state index contributed by atoms with van der Waals surface area (Å²) in [5.74, 6) is 4.33. The lowest BCUT2D eigenvalue weighted by atomic mass is 10.1. The van der Waals surface area contributed by atoms with Crippen molar-refractivity contribution in [2.45, 2.75) is 13.1 Å². The van der Waals surface area contributed by atoms with Gasteiger partial charge in [-0.15, -0.1) is 0 Å². The first kappa shape index (κ1) is 20.1. The molecular formula is C17H16F3NO4. The average Bonchev–Trinajstić information content (AvgIpc) is 2.59. The number of carbonyl (C=O) groups excluding carboxylic acids is 1.